The first kappa shape index (κ1) is 15.6. The molecule has 4 bridgehead atoms. The van der Waals surface area contributed by atoms with E-state index < -0.39 is 0 Å². The quantitative estimate of drug-likeness (QED) is 0.719. The minimum Gasteiger partial charge on any atom is -0.351 e. The van der Waals surface area contributed by atoms with Crippen molar-refractivity contribution in [3.8, 4) is 0 Å². The highest BCUT2D eigenvalue weighted by Crippen LogP contribution is 2.61. The molecule has 1 unspecified atom stereocenters. The number of hydrogen-bond donors (Lipinski definition) is 1. The van der Waals surface area contributed by atoms with Crippen LogP contribution in [0.15, 0.2) is 0 Å². The number of carbonyl (C=O) groups excluding carboxylic acids is 1. The van der Waals surface area contributed by atoms with E-state index in [0.717, 1.165) is 37.0 Å². The van der Waals surface area contributed by atoms with Gasteiger partial charge in [-0.15, -0.1) is 11.6 Å². The molecule has 1 N–H and O–H groups in total. The Morgan fingerprint density at radius 1 is 1.19 bits per heavy atom. The Bertz CT molecular complexity index is 373. The van der Waals surface area contributed by atoms with Crippen molar-refractivity contribution in [3.05, 3.63) is 0 Å². The molecule has 4 rings (SSSR count). The molecule has 0 heterocycles. The normalized spacial score (nSPS) is 40.0. The summed E-state index contributed by atoms with van der Waals surface area (Å²) in [4.78, 5) is 12.6. The van der Waals surface area contributed by atoms with Crippen LogP contribution < -0.4 is 5.32 Å². The Hall–Kier alpha value is -0.240. The largest absolute Gasteiger partial charge is 0.351 e. The summed E-state index contributed by atoms with van der Waals surface area (Å²) >= 11 is 5.90. The molecule has 4 saturated carbocycles. The fourth-order valence-electron chi connectivity index (χ4n) is 5.76. The van der Waals surface area contributed by atoms with Gasteiger partial charge < -0.3 is 5.32 Å². The Morgan fingerprint density at radius 3 is 2.14 bits per heavy atom. The first-order chi connectivity index (χ1) is 9.96. The maximum Gasteiger partial charge on any atom is 0.220 e. The highest BCUT2D eigenvalue weighted by Gasteiger charge is 2.51. The third kappa shape index (κ3) is 3.25. The van der Waals surface area contributed by atoms with Crippen LogP contribution in [0.2, 0.25) is 0 Å². The monoisotopic (exact) mass is 311 g/mol. The number of carbonyl (C=O) groups is 1. The molecule has 0 spiro atoms. The van der Waals surface area contributed by atoms with Gasteiger partial charge in [0.25, 0.3) is 0 Å². The molecule has 1 atom stereocenters. The van der Waals surface area contributed by atoms with E-state index in [9.17, 15) is 4.79 Å². The molecular formula is C18H30ClNO. The molecule has 4 fully saturated rings. The summed E-state index contributed by atoms with van der Waals surface area (Å²) in [5.41, 5.74) is 0.218. The third-order valence-corrected chi connectivity index (χ3v) is 6.76. The van der Waals surface area contributed by atoms with E-state index in [-0.39, 0.29) is 11.4 Å². The number of alkyl halides is 1. The van der Waals surface area contributed by atoms with E-state index in [1.807, 2.05) is 0 Å². The van der Waals surface area contributed by atoms with Gasteiger partial charge >= 0.3 is 0 Å². The van der Waals surface area contributed by atoms with Gasteiger partial charge in [0, 0.05) is 17.8 Å². The lowest BCUT2D eigenvalue weighted by atomic mass is 9.49. The van der Waals surface area contributed by atoms with Gasteiger partial charge in [0.1, 0.15) is 0 Å². The van der Waals surface area contributed by atoms with Crippen molar-refractivity contribution in [3.63, 3.8) is 0 Å². The van der Waals surface area contributed by atoms with Crippen LogP contribution in [0.5, 0.6) is 0 Å². The summed E-state index contributed by atoms with van der Waals surface area (Å²) in [5, 5.41) is 3.30. The fourth-order valence-corrected chi connectivity index (χ4v) is 6.18. The van der Waals surface area contributed by atoms with Crippen LogP contribution >= 0.6 is 11.6 Å². The van der Waals surface area contributed by atoms with Crippen LogP contribution in [-0.4, -0.2) is 17.3 Å². The molecule has 0 aliphatic heterocycles. The second kappa shape index (κ2) is 5.76. The Kier molecular flexibility index (Phi) is 4.29. The molecule has 2 nitrogen and oxygen atoms in total. The van der Waals surface area contributed by atoms with Crippen LogP contribution in [0.25, 0.3) is 0 Å². The number of rotatable bonds is 6. The highest BCUT2D eigenvalue weighted by molar-refractivity contribution is 6.17. The van der Waals surface area contributed by atoms with E-state index in [4.69, 9.17) is 11.6 Å². The molecule has 4 aliphatic carbocycles. The Balaban J connectivity index is 1.62. The van der Waals surface area contributed by atoms with Crippen molar-refractivity contribution in [1.82, 2.24) is 5.32 Å². The van der Waals surface area contributed by atoms with Crippen molar-refractivity contribution in [2.45, 2.75) is 77.2 Å². The summed E-state index contributed by atoms with van der Waals surface area (Å²) in [7, 11) is 0. The van der Waals surface area contributed by atoms with Gasteiger partial charge in [-0.2, -0.15) is 0 Å². The van der Waals surface area contributed by atoms with Gasteiger partial charge in [-0.1, -0.05) is 6.92 Å². The van der Waals surface area contributed by atoms with E-state index >= 15 is 0 Å². The van der Waals surface area contributed by atoms with E-state index in [1.54, 1.807) is 0 Å². The van der Waals surface area contributed by atoms with Crippen LogP contribution in [0.4, 0.5) is 0 Å². The molecule has 0 saturated heterocycles. The van der Waals surface area contributed by atoms with Gasteiger partial charge in [-0.05, 0) is 81.5 Å². The van der Waals surface area contributed by atoms with Gasteiger partial charge in [0.2, 0.25) is 5.91 Å². The van der Waals surface area contributed by atoms with Crippen molar-refractivity contribution < 1.29 is 4.79 Å². The molecule has 4 aliphatic rings. The van der Waals surface area contributed by atoms with Crippen LogP contribution in [0.1, 0.15) is 71.6 Å². The second-order valence-corrected chi connectivity index (χ2v) is 8.87. The van der Waals surface area contributed by atoms with E-state index in [0.29, 0.717) is 11.3 Å². The minimum absolute atomic E-state index is 0.124. The lowest BCUT2D eigenvalue weighted by Crippen LogP contribution is -2.51. The summed E-state index contributed by atoms with van der Waals surface area (Å²) in [6.45, 7) is 4.27. The number of hydrogen-bond acceptors (Lipinski definition) is 1. The maximum absolute atomic E-state index is 12.6. The smallest absolute Gasteiger partial charge is 0.220 e. The maximum atomic E-state index is 12.6. The fraction of sp³-hybridized carbons (Fsp3) is 0.944. The van der Waals surface area contributed by atoms with Crippen molar-refractivity contribution >= 4 is 17.5 Å². The van der Waals surface area contributed by atoms with Gasteiger partial charge in [-0.3, -0.25) is 4.79 Å². The Labute approximate surface area is 134 Å². The molecule has 3 heteroatoms. The predicted molar refractivity (Wildman–Crippen MR) is 87.4 cm³/mol. The lowest BCUT2D eigenvalue weighted by Gasteiger charge is -2.56. The average Bonchev–Trinajstić information content (AvgIpc) is 2.36. The Morgan fingerprint density at radius 2 is 1.71 bits per heavy atom. The average molecular weight is 312 g/mol. The molecule has 0 radical (unpaired) electrons. The summed E-state index contributed by atoms with van der Waals surface area (Å²) in [6, 6.07) is 0. The zero-order chi connectivity index (χ0) is 15.1. The molecule has 21 heavy (non-hydrogen) atoms. The van der Waals surface area contributed by atoms with Gasteiger partial charge in [0.05, 0.1) is 0 Å². The molecule has 1 amide bonds. The third-order valence-electron chi connectivity index (χ3n) is 6.57. The zero-order valence-corrected chi connectivity index (χ0v) is 14.3. The molecule has 0 aromatic rings. The van der Waals surface area contributed by atoms with Crippen molar-refractivity contribution in [2.24, 2.45) is 23.2 Å². The SMILES string of the molecule is CCC(C)(CCCl)NC(=O)CC12CC3CC(CC(C3)C1)C2. The standard InChI is InChI=1S/C18H30ClNO/c1-3-17(2,4-5-19)20-16(21)12-18-9-13-6-14(10-18)8-15(7-13)11-18/h13-15H,3-12H2,1-2H3,(H,20,21). The van der Waals surface area contributed by atoms with Crippen molar-refractivity contribution in [2.75, 3.05) is 5.88 Å². The highest BCUT2D eigenvalue weighted by atomic mass is 35.5. The molecule has 120 valence electrons. The number of amides is 1. The van der Waals surface area contributed by atoms with Gasteiger partial charge in [-0.25, -0.2) is 0 Å². The van der Waals surface area contributed by atoms with E-state index in [1.165, 1.54) is 38.5 Å². The summed E-state index contributed by atoms with van der Waals surface area (Å²) in [6.07, 6.45) is 10.8. The van der Waals surface area contributed by atoms with Crippen LogP contribution in [-0.2, 0) is 4.79 Å². The lowest BCUT2D eigenvalue weighted by molar-refractivity contribution is -0.131. The van der Waals surface area contributed by atoms with Gasteiger partial charge in [0.15, 0.2) is 0 Å². The first-order valence-electron chi connectivity index (χ1n) is 8.83. The zero-order valence-electron chi connectivity index (χ0n) is 13.6. The number of nitrogens with one attached hydrogen (secondary N) is 1. The molecule has 0 aromatic heterocycles. The molecular weight excluding hydrogens is 282 g/mol. The molecule has 0 aromatic carbocycles. The minimum atomic E-state index is -0.124. The summed E-state index contributed by atoms with van der Waals surface area (Å²) < 4.78 is 0. The first-order valence-corrected chi connectivity index (χ1v) is 9.36. The number of halogens is 1. The second-order valence-electron chi connectivity index (χ2n) is 8.50. The topological polar surface area (TPSA) is 29.1 Å². The summed E-state index contributed by atoms with van der Waals surface area (Å²) in [5.74, 6) is 3.65. The van der Waals surface area contributed by atoms with Crippen LogP contribution in [0, 0.1) is 23.2 Å². The van der Waals surface area contributed by atoms with Crippen LogP contribution in [0.3, 0.4) is 0 Å². The van der Waals surface area contributed by atoms with E-state index in [2.05, 4.69) is 19.2 Å². The predicted octanol–water partition coefficient (Wildman–Crippen LogP) is 4.51. The van der Waals surface area contributed by atoms with Crippen molar-refractivity contribution in [1.29, 1.82) is 0 Å².